The van der Waals surface area contributed by atoms with Crippen LogP contribution in [0.5, 0.6) is 0 Å². The maximum Gasteiger partial charge on any atom is 0.143 e. The van der Waals surface area contributed by atoms with Gasteiger partial charge in [0, 0.05) is 0 Å². The molecule has 1 aliphatic rings. The summed E-state index contributed by atoms with van der Waals surface area (Å²) in [4.78, 5) is 10.3. The van der Waals surface area contributed by atoms with Gasteiger partial charge in [-0.3, -0.25) is 4.79 Å². The molecule has 1 rings (SSSR count). The van der Waals surface area contributed by atoms with Gasteiger partial charge in [-0.05, 0) is 62.7 Å². The molecule has 21 heavy (non-hydrogen) atoms. The number of carbonyl (C=O) groups excluding carboxylic acids is 1. The molecule has 114 valence electrons. The normalized spacial score (nSPS) is 20.6. The van der Waals surface area contributed by atoms with Gasteiger partial charge in [-0.25, -0.2) is 0 Å². The lowest BCUT2D eigenvalue weighted by molar-refractivity contribution is -0.104. The van der Waals surface area contributed by atoms with Crippen LogP contribution in [0.1, 0.15) is 53.9 Å². The van der Waals surface area contributed by atoms with E-state index in [2.05, 4.69) is 45.9 Å². The van der Waals surface area contributed by atoms with Gasteiger partial charge in [0.15, 0.2) is 0 Å². The monoisotopic (exact) mass is 288 g/mol. The maximum absolute atomic E-state index is 10.3. The third-order valence-electron chi connectivity index (χ3n) is 4.10. The molecule has 0 bridgehead atoms. The van der Waals surface area contributed by atoms with E-state index in [1.807, 2.05) is 19.1 Å². The summed E-state index contributed by atoms with van der Waals surface area (Å²) in [6.07, 6.45) is 16.6. The lowest BCUT2D eigenvalue weighted by Gasteiger charge is -2.32. The maximum atomic E-state index is 10.3. The summed E-state index contributed by atoms with van der Waals surface area (Å²) in [6, 6.07) is 0. The number of hydrogen-bond acceptors (Lipinski definition) is 1. The minimum Gasteiger partial charge on any atom is -0.299 e. The number of rotatable bonds is 5. The highest BCUT2D eigenvalue weighted by Gasteiger charge is 2.26. The number of carbonyl (C=O) groups is 1. The Bertz CT molecular complexity index is 522. The first-order valence-electron chi connectivity index (χ1n) is 7.72. The minimum absolute atomic E-state index is 0.290. The number of allylic oxidation sites excluding steroid dienone is 10. The van der Waals surface area contributed by atoms with E-state index in [0.717, 1.165) is 11.9 Å². The molecule has 0 amide bonds. The molecule has 0 spiro atoms. The van der Waals surface area contributed by atoms with Crippen molar-refractivity contribution >= 4 is 6.29 Å². The SMILES string of the molecule is CC1=C(/C=C/C(C)=C/C=[13CH]/[13C]([13CH3])=C/[13CH]=O)C(C)(C)CCC1. The molecule has 0 fully saturated rings. The summed E-state index contributed by atoms with van der Waals surface area (Å²) in [5.41, 5.74) is 5.48. The molecular weight excluding hydrogens is 260 g/mol. The van der Waals surface area contributed by atoms with E-state index >= 15 is 0 Å². The van der Waals surface area contributed by atoms with Crippen LogP contribution < -0.4 is 0 Å². The predicted octanol–water partition coefficient (Wildman–Crippen LogP) is 5.72. The fourth-order valence-corrected chi connectivity index (χ4v) is 2.80. The van der Waals surface area contributed by atoms with Gasteiger partial charge in [-0.1, -0.05) is 55.4 Å². The van der Waals surface area contributed by atoms with Crippen molar-refractivity contribution in [2.45, 2.75) is 53.9 Å². The van der Waals surface area contributed by atoms with Gasteiger partial charge < -0.3 is 0 Å². The van der Waals surface area contributed by atoms with Crippen molar-refractivity contribution in [3.63, 3.8) is 0 Å². The van der Waals surface area contributed by atoms with Crippen LogP contribution in [0, 0.1) is 5.41 Å². The van der Waals surface area contributed by atoms with Crippen LogP contribution in [0.4, 0.5) is 0 Å². The van der Waals surface area contributed by atoms with Crippen molar-refractivity contribution in [2.24, 2.45) is 5.41 Å². The molecule has 0 radical (unpaired) electrons. The Kier molecular flexibility index (Phi) is 6.61. The Morgan fingerprint density at radius 3 is 2.38 bits per heavy atom. The first-order valence-corrected chi connectivity index (χ1v) is 7.72. The summed E-state index contributed by atoms with van der Waals surface area (Å²) in [7, 11) is 0. The van der Waals surface area contributed by atoms with Gasteiger partial charge in [0.25, 0.3) is 0 Å². The number of aldehydes is 1. The molecule has 0 aromatic carbocycles. The molecule has 0 saturated carbocycles. The second-order valence-electron chi connectivity index (χ2n) is 6.58. The topological polar surface area (TPSA) is 17.1 Å². The highest BCUT2D eigenvalue weighted by Crippen LogP contribution is 2.40. The average Bonchev–Trinajstić information content (AvgIpc) is 2.37. The second kappa shape index (κ2) is 7.97. The van der Waals surface area contributed by atoms with Crippen molar-refractivity contribution in [1.29, 1.82) is 0 Å². The first-order chi connectivity index (χ1) is 9.86. The molecule has 1 nitrogen and oxygen atoms in total. The van der Waals surface area contributed by atoms with Gasteiger partial charge in [-0.15, -0.1) is 0 Å². The molecule has 0 aliphatic heterocycles. The zero-order chi connectivity index (χ0) is 15.9. The smallest absolute Gasteiger partial charge is 0.143 e. The zero-order valence-corrected chi connectivity index (χ0v) is 14.1. The zero-order valence-electron chi connectivity index (χ0n) is 14.1. The lowest BCUT2D eigenvalue weighted by Crippen LogP contribution is -2.19. The van der Waals surface area contributed by atoms with E-state index in [1.54, 1.807) is 6.08 Å². The van der Waals surface area contributed by atoms with Crippen molar-refractivity contribution in [3.8, 4) is 0 Å². The van der Waals surface area contributed by atoms with Crippen LogP contribution in [0.2, 0.25) is 0 Å². The molecular formula is C20H28O. The summed E-state index contributed by atoms with van der Waals surface area (Å²) < 4.78 is 0. The molecule has 0 heterocycles. The van der Waals surface area contributed by atoms with E-state index in [9.17, 15) is 4.79 Å². The molecule has 0 aromatic heterocycles. The van der Waals surface area contributed by atoms with Crippen molar-refractivity contribution in [3.05, 3.63) is 58.7 Å². The Hall–Kier alpha value is -1.63. The van der Waals surface area contributed by atoms with Crippen LogP contribution in [-0.4, -0.2) is 6.29 Å². The fourth-order valence-electron chi connectivity index (χ4n) is 2.80. The summed E-state index contributed by atoms with van der Waals surface area (Å²) in [5.74, 6) is 0. The average molecular weight is 288 g/mol. The van der Waals surface area contributed by atoms with Crippen molar-refractivity contribution in [1.82, 2.24) is 0 Å². The van der Waals surface area contributed by atoms with E-state index in [-0.39, 0.29) is 5.41 Å². The molecule has 0 saturated heterocycles. The van der Waals surface area contributed by atoms with Gasteiger partial charge in [-0.2, -0.15) is 0 Å². The number of hydrogen-bond donors (Lipinski definition) is 0. The molecule has 0 N–H and O–H groups in total. The molecule has 1 heteroatoms. The molecule has 1 aliphatic carbocycles. The standard InChI is InChI=1S/C20H28O/c1-16(8-6-9-17(2)13-15-21)11-12-19-18(3)10-7-14-20(19,4)5/h6,8-9,11-13,15H,7,10,14H2,1-5H3/b9-6+,12-11+,16-8+,17-13+/i2+1,9+1,15+1,17+1. The van der Waals surface area contributed by atoms with Gasteiger partial charge in [0.05, 0.1) is 0 Å². The van der Waals surface area contributed by atoms with E-state index in [0.29, 0.717) is 0 Å². The highest BCUT2D eigenvalue weighted by atomic mass is 16.2. The van der Waals surface area contributed by atoms with Crippen molar-refractivity contribution < 1.29 is 4.79 Å². The largest absolute Gasteiger partial charge is 0.299 e. The fraction of sp³-hybridized carbons (Fsp3) is 0.450. The van der Waals surface area contributed by atoms with Crippen LogP contribution in [-0.2, 0) is 4.79 Å². The van der Waals surface area contributed by atoms with Crippen LogP contribution >= 0.6 is 0 Å². The molecule has 0 aromatic rings. The molecule has 0 unspecified atom stereocenters. The quantitative estimate of drug-likeness (QED) is 0.274. The van der Waals surface area contributed by atoms with E-state index in [4.69, 9.17) is 0 Å². The van der Waals surface area contributed by atoms with Gasteiger partial charge in [0.2, 0.25) is 0 Å². The molecule has 0 atom stereocenters. The predicted molar refractivity (Wildman–Crippen MR) is 92.2 cm³/mol. The summed E-state index contributed by atoms with van der Waals surface area (Å²) >= 11 is 0. The van der Waals surface area contributed by atoms with Crippen LogP contribution in [0.25, 0.3) is 0 Å². The highest BCUT2D eigenvalue weighted by molar-refractivity contribution is 5.66. The Labute approximate surface area is 129 Å². The van der Waals surface area contributed by atoms with Crippen molar-refractivity contribution in [2.75, 3.05) is 0 Å². The first kappa shape index (κ1) is 17.4. The summed E-state index contributed by atoms with van der Waals surface area (Å²) in [6.45, 7) is 10.9. The lowest BCUT2D eigenvalue weighted by atomic mass is 9.72. The summed E-state index contributed by atoms with van der Waals surface area (Å²) in [5, 5.41) is 0. The Balaban J connectivity index is 2.80. The third-order valence-corrected chi connectivity index (χ3v) is 4.10. The third kappa shape index (κ3) is 5.71. The van der Waals surface area contributed by atoms with E-state index < -0.39 is 0 Å². The van der Waals surface area contributed by atoms with E-state index in [1.165, 1.54) is 36.0 Å². The Morgan fingerprint density at radius 1 is 1.10 bits per heavy atom. The Morgan fingerprint density at radius 2 is 1.76 bits per heavy atom. The second-order valence-corrected chi connectivity index (χ2v) is 6.58. The van der Waals surface area contributed by atoms with Crippen LogP contribution in [0.3, 0.4) is 0 Å². The van der Waals surface area contributed by atoms with Gasteiger partial charge >= 0.3 is 0 Å². The van der Waals surface area contributed by atoms with Gasteiger partial charge in [0.1, 0.15) is 6.29 Å². The van der Waals surface area contributed by atoms with Crippen LogP contribution in [0.15, 0.2) is 58.7 Å². The minimum atomic E-state index is 0.290.